The minimum absolute atomic E-state index is 0.0173. The molecule has 0 spiro atoms. The SMILES string of the molecule is CCCC1(CNC(=O)C2CCCCC2(C)N)CC1. The van der Waals surface area contributed by atoms with E-state index in [1.165, 1.54) is 25.7 Å². The van der Waals surface area contributed by atoms with Crippen LogP contribution in [0.2, 0.25) is 0 Å². The first kappa shape index (κ1) is 13.9. The minimum Gasteiger partial charge on any atom is -0.355 e. The minimum atomic E-state index is -0.302. The van der Waals surface area contributed by atoms with E-state index in [2.05, 4.69) is 12.2 Å². The average Bonchev–Trinajstić information content (AvgIpc) is 3.06. The quantitative estimate of drug-likeness (QED) is 0.790. The fourth-order valence-corrected chi connectivity index (χ4v) is 3.41. The maximum Gasteiger partial charge on any atom is 0.224 e. The molecule has 2 fully saturated rings. The Hall–Kier alpha value is -0.570. The Bertz CT molecular complexity index is 308. The first-order valence-corrected chi connectivity index (χ1v) is 7.56. The van der Waals surface area contributed by atoms with Gasteiger partial charge in [0.1, 0.15) is 0 Å². The zero-order valence-electron chi connectivity index (χ0n) is 11.9. The molecule has 2 aliphatic carbocycles. The third-order valence-electron chi connectivity index (χ3n) is 4.95. The van der Waals surface area contributed by atoms with E-state index in [0.717, 1.165) is 32.2 Å². The van der Waals surface area contributed by atoms with Crippen LogP contribution in [0, 0.1) is 11.3 Å². The molecule has 0 aromatic heterocycles. The third kappa shape index (κ3) is 3.05. The lowest BCUT2D eigenvalue weighted by Gasteiger charge is -2.37. The van der Waals surface area contributed by atoms with Crippen LogP contribution in [-0.2, 0) is 4.79 Å². The van der Waals surface area contributed by atoms with Gasteiger partial charge >= 0.3 is 0 Å². The van der Waals surface area contributed by atoms with E-state index in [-0.39, 0.29) is 17.4 Å². The van der Waals surface area contributed by atoms with E-state index < -0.39 is 0 Å². The summed E-state index contributed by atoms with van der Waals surface area (Å²) in [6.07, 6.45) is 9.27. The molecule has 2 unspecified atom stereocenters. The van der Waals surface area contributed by atoms with Crippen LogP contribution in [-0.4, -0.2) is 18.0 Å². The fraction of sp³-hybridized carbons (Fsp3) is 0.933. The van der Waals surface area contributed by atoms with Gasteiger partial charge in [-0.1, -0.05) is 26.2 Å². The lowest BCUT2D eigenvalue weighted by molar-refractivity contribution is -0.128. The monoisotopic (exact) mass is 252 g/mol. The van der Waals surface area contributed by atoms with Gasteiger partial charge in [0, 0.05) is 12.1 Å². The average molecular weight is 252 g/mol. The Balaban J connectivity index is 1.84. The van der Waals surface area contributed by atoms with E-state index in [4.69, 9.17) is 5.73 Å². The topological polar surface area (TPSA) is 55.1 Å². The van der Waals surface area contributed by atoms with E-state index >= 15 is 0 Å². The molecule has 0 saturated heterocycles. The van der Waals surface area contributed by atoms with Crippen molar-refractivity contribution >= 4 is 5.91 Å². The van der Waals surface area contributed by atoms with Crippen LogP contribution < -0.4 is 11.1 Å². The molecular formula is C15H28N2O. The zero-order valence-corrected chi connectivity index (χ0v) is 11.9. The highest BCUT2D eigenvalue weighted by Crippen LogP contribution is 2.49. The van der Waals surface area contributed by atoms with Gasteiger partial charge in [-0.2, -0.15) is 0 Å². The number of carbonyl (C=O) groups is 1. The number of amides is 1. The standard InChI is InChI=1S/C15H28N2O/c1-3-7-15(9-10-15)11-17-13(18)12-6-4-5-8-14(12,2)16/h12H,3-11,16H2,1-2H3,(H,17,18). The van der Waals surface area contributed by atoms with E-state index in [1.807, 2.05) is 6.92 Å². The van der Waals surface area contributed by atoms with Gasteiger partial charge < -0.3 is 11.1 Å². The third-order valence-corrected chi connectivity index (χ3v) is 4.95. The highest BCUT2D eigenvalue weighted by Gasteiger charge is 2.43. The van der Waals surface area contributed by atoms with Crippen LogP contribution in [0.4, 0.5) is 0 Å². The second-order valence-electron chi connectivity index (χ2n) is 6.77. The van der Waals surface area contributed by atoms with Crippen LogP contribution in [0.1, 0.15) is 65.2 Å². The molecule has 3 nitrogen and oxygen atoms in total. The molecule has 104 valence electrons. The lowest BCUT2D eigenvalue weighted by Crippen LogP contribution is -2.53. The predicted octanol–water partition coefficient (Wildman–Crippen LogP) is 2.59. The number of nitrogens with one attached hydrogen (secondary N) is 1. The Labute approximate surface area is 111 Å². The van der Waals surface area contributed by atoms with Crippen LogP contribution in [0.25, 0.3) is 0 Å². The second kappa shape index (κ2) is 5.20. The molecule has 2 saturated carbocycles. The zero-order chi connectivity index (χ0) is 13.2. The summed E-state index contributed by atoms with van der Waals surface area (Å²) in [7, 11) is 0. The van der Waals surface area contributed by atoms with E-state index in [9.17, 15) is 4.79 Å². The summed E-state index contributed by atoms with van der Waals surface area (Å²) in [5.41, 5.74) is 6.41. The molecular weight excluding hydrogens is 224 g/mol. The molecule has 0 radical (unpaired) electrons. The summed E-state index contributed by atoms with van der Waals surface area (Å²) >= 11 is 0. The van der Waals surface area contributed by atoms with Crippen molar-refractivity contribution in [2.75, 3.05) is 6.54 Å². The van der Waals surface area contributed by atoms with Gasteiger partial charge in [0.15, 0.2) is 0 Å². The number of carbonyl (C=O) groups excluding carboxylic acids is 1. The molecule has 3 heteroatoms. The summed E-state index contributed by atoms with van der Waals surface area (Å²) in [6, 6.07) is 0. The Morgan fingerprint density at radius 3 is 2.61 bits per heavy atom. The van der Waals surface area contributed by atoms with Crippen LogP contribution >= 0.6 is 0 Å². The van der Waals surface area contributed by atoms with Crippen LogP contribution in [0.15, 0.2) is 0 Å². The van der Waals surface area contributed by atoms with Gasteiger partial charge in [0.25, 0.3) is 0 Å². The molecule has 2 rings (SSSR count). The second-order valence-corrected chi connectivity index (χ2v) is 6.77. The predicted molar refractivity (Wildman–Crippen MR) is 74.1 cm³/mol. The van der Waals surface area contributed by atoms with Gasteiger partial charge in [-0.05, 0) is 44.4 Å². The number of hydrogen-bond acceptors (Lipinski definition) is 2. The Morgan fingerprint density at radius 1 is 1.33 bits per heavy atom. The lowest BCUT2D eigenvalue weighted by atomic mass is 9.74. The number of nitrogens with two attached hydrogens (primary N) is 1. The van der Waals surface area contributed by atoms with Crippen molar-refractivity contribution in [3.05, 3.63) is 0 Å². The van der Waals surface area contributed by atoms with Crippen LogP contribution in [0.3, 0.4) is 0 Å². The molecule has 2 aliphatic rings. The van der Waals surface area contributed by atoms with Crippen molar-refractivity contribution in [3.8, 4) is 0 Å². The summed E-state index contributed by atoms with van der Waals surface area (Å²) in [4.78, 5) is 12.3. The molecule has 2 atom stereocenters. The summed E-state index contributed by atoms with van der Waals surface area (Å²) < 4.78 is 0. The van der Waals surface area contributed by atoms with Crippen molar-refractivity contribution < 1.29 is 4.79 Å². The highest BCUT2D eigenvalue weighted by molar-refractivity contribution is 5.80. The van der Waals surface area contributed by atoms with Gasteiger partial charge in [-0.25, -0.2) is 0 Å². The summed E-state index contributed by atoms with van der Waals surface area (Å²) in [6.45, 7) is 5.13. The van der Waals surface area contributed by atoms with Crippen molar-refractivity contribution in [2.24, 2.45) is 17.1 Å². The van der Waals surface area contributed by atoms with Crippen LogP contribution in [0.5, 0.6) is 0 Å². The maximum atomic E-state index is 12.3. The molecule has 1 amide bonds. The van der Waals surface area contributed by atoms with E-state index in [0.29, 0.717) is 5.41 Å². The van der Waals surface area contributed by atoms with Gasteiger partial charge in [-0.3, -0.25) is 4.79 Å². The molecule has 18 heavy (non-hydrogen) atoms. The first-order valence-electron chi connectivity index (χ1n) is 7.56. The molecule has 0 aliphatic heterocycles. The van der Waals surface area contributed by atoms with E-state index in [1.54, 1.807) is 0 Å². The summed E-state index contributed by atoms with van der Waals surface area (Å²) in [5, 5.41) is 3.18. The smallest absolute Gasteiger partial charge is 0.224 e. The molecule has 0 heterocycles. The summed E-state index contributed by atoms with van der Waals surface area (Å²) in [5.74, 6) is 0.214. The largest absolute Gasteiger partial charge is 0.355 e. The van der Waals surface area contributed by atoms with Gasteiger partial charge in [-0.15, -0.1) is 0 Å². The number of hydrogen-bond donors (Lipinski definition) is 2. The van der Waals surface area contributed by atoms with Crippen molar-refractivity contribution in [2.45, 2.75) is 70.8 Å². The van der Waals surface area contributed by atoms with Gasteiger partial charge in [0.2, 0.25) is 5.91 Å². The normalized spacial score (nSPS) is 34.1. The Kier molecular flexibility index (Phi) is 4.00. The molecule has 0 aromatic rings. The Morgan fingerprint density at radius 2 is 2.06 bits per heavy atom. The molecule has 0 aromatic carbocycles. The van der Waals surface area contributed by atoms with Crippen molar-refractivity contribution in [1.29, 1.82) is 0 Å². The fourth-order valence-electron chi connectivity index (χ4n) is 3.41. The van der Waals surface area contributed by atoms with Crippen molar-refractivity contribution in [1.82, 2.24) is 5.32 Å². The maximum absolute atomic E-state index is 12.3. The van der Waals surface area contributed by atoms with Gasteiger partial charge in [0.05, 0.1) is 5.92 Å². The highest BCUT2D eigenvalue weighted by atomic mass is 16.1. The van der Waals surface area contributed by atoms with Crippen molar-refractivity contribution in [3.63, 3.8) is 0 Å². The number of rotatable bonds is 5. The molecule has 0 bridgehead atoms. The molecule has 3 N–H and O–H groups in total. The first-order chi connectivity index (χ1) is 8.49.